The van der Waals surface area contributed by atoms with Crippen molar-refractivity contribution >= 4 is 12.0 Å². The Balaban J connectivity index is 2.50. The summed E-state index contributed by atoms with van der Waals surface area (Å²) < 4.78 is 0. The Labute approximate surface area is 114 Å². The quantitative estimate of drug-likeness (QED) is 0.726. The third-order valence-corrected chi connectivity index (χ3v) is 3.86. The number of hydrogen-bond acceptors (Lipinski definition) is 2. The molecule has 19 heavy (non-hydrogen) atoms. The number of carboxylic acids is 1. The van der Waals surface area contributed by atoms with E-state index in [0.717, 1.165) is 25.7 Å². The summed E-state index contributed by atoms with van der Waals surface area (Å²) in [4.78, 5) is 24.9. The molecule has 0 aliphatic heterocycles. The molecule has 0 aromatic heterocycles. The van der Waals surface area contributed by atoms with Gasteiger partial charge >= 0.3 is 12.0 Å². The number of amides is 2. The molecule has 2 N–H and O–H groups in total. The van der Waals surface area contributed by atoms with Crippen molar-refractivity contribution in [3.8, 4) is 0 Å². The molecule has 0 heterocycles. The number of nitrogens with one attached hydrogen (secondary N) is 1. The molecule has 2 amide bonds. The van der Waals surface area contributed by atoms with Crippen molar-refractivity contribution in [3.63, 3.8) is 0 Å². The number of hydrogen-bond donors (Lipinski definition) is 2. The molecule has 1 aliphatic rings. The maximum absolute atomic E-state index is 11.8. The van der Waals surface area contributed by atoms with Crippen LogP contribution < -0.4 is 5.32 Å². The van der Waals surface area contributed by atoms with E-state index in [2.05, 4.69) is 11.9 Å². The Bertz CT molecular complexity index is 336. The van der Waals surface area contributed by atoms with Crippen molar-refractivity contribution < 1.29 is 14.7 Å². The fourth-order valence-electron chi connectivity index (χ4n) is 2.46. The van der Waals surface area contributed by atoms with Crippen LogP contribution >= 0.6 is 0 Å². The second kappa shape index (κ2) is 7.16. The number of rotatable bonds is 6. The summed E-state index contributed by atoms with van der Waals surface area (Å²) in [6.07, 6.45) is 6.72. The van der Waals surface area contributed by atoms with E-state index in [4.69, 9.17) is 0 Å². The third-order valence-electron chi connectivity index (χ3n) is 3.86. The number of aliphatic carboxylic acids is 1. The zero-order chi connectivity index (χ0) is 14.3. The number of carbonyl (C=O) groups is 2. The Hall–Kier alpha value is -1.52. The van der Waals surface area contributed by atoms with Gasteiger partial charge in [-0.2, -0.15) is 0 Å². The SMILES string of the molecule is C=CCCN(C)C(=O)NCC1(C(=O)O)CCCCC1. The molecule has 0 atom stereocenters. The van der Waals surface area contributed by atoms with Gasteiger partial charge in [-0.1, -0.05) is 25.3 Å². The number of nitrogens with zero attached hydrogens (tertiary/aromatic N) is 1. The monoisotopic (exact) mass is 268 g/mol. The van der Waals surface area contributed by atoms with E-state index in [9.17, 15) is 14.7 Å². The molecule has 0 aromatic rings. The highest BCUT2D eigenvalue weighted by Gasteiger charge is 2.39. The molecule has 5 heteroatoms. The molecule has 1 aliphatic carbocycles. The van der Waals surface area contributed by atoms with Crippen LogP contribution in [0.5, 0.6) is 0 Å². The van der Waals surface area contributed by atoms with Crippen LogP contribution in [0.15, 0.2) is 12.7 Å². The lowest BCUT2D eigenvalue weighted by atomic mass is 9.74. The predicted octanol–water partition coefficient (Wildman–Crippen LogP) is 2.24. The van der Waals surface area contributed by atoms with Gasteiger partial charge in [0.25, 0.3) is 0 Å². The van der Waals surface area contributed by atoms with Gasteiger partial charge in [-0.15, -0.1) is 6.58 Å². The molecular weight excluding hydrogens is 244 g/mol. The van der Waals surface area contributed by atoms with Crippen molar-refractivity contribution in [2.24, 2.45) is 5.41 Å². The van der Waals surface area contributed by atoms with Gasteiger partial charge in [-0.3, -0.25) is 4.79 Å². The molecule has 108 valence electrons. The summed E-state index contributed by atoms with van der Waals surface area (Å²) in [7, 11) is 1.70. The first-order valence-corrected chi connectivity index (χ1v) is 6.85. The number of carbonyl (C=O) groups excluding carboxylic acids is 1. The maximum Gasteiger partial charge on any atom is 0.317 e. The lowest BCUT2D eigenvalue weighted by Crippen LogP contribution is -2.47. The minimum atomic E-state index is -0.791. The van der Waals surface area contributed by atoms with Crippen LogP contribution in [0.4, 0.5) is 4.79 Å². The van der Waals surface area contributed by atoms with E-state index in [-0.39, 0.29) is 12.6 Å². The Morgan fingerprint density at radius 1 is 1.37 bits per heavy atom. The zero-order valence-corrected chi connectivity index (χ0v) is 11.7. The van der Waals surface area contributed by atoms with Crippen LogP contribution in [0.3, 0.4) is 0 Å². The highest BCUT2D eigenvalue weighted by Crippen LogP contribution is 2.35. The molecule has 5 nitrogen and oxygen atoms in total. The van der Waals surface area contributed by atoms with Crippen LogP contribution in [0.2, 0.25) is 0 Å². The molecule has 1 rings (SSSR count). The molecule has 0 unspecified atom stereocenters. The van der Waals surface area contributed by atoms with Gasteiger partial charge in [0.05, 0.1) is 5.41 Å². The van der Waals surface area contributed by atoms with Crippen molar-refractivity contribution in [2.45, 2.75) is 38.5 Å². The molecule has 0 spiro atoms. The topological polar surface area (TPSA) is 69.6 Å². The van der Waals surface area contributed by atoms with E-state index in [1.54, 1.807) is 18.0 Å². The van der Waals surface area contributed by atoms with E-state index in [1.165, 1.54) is 0 Å². The first-order chi connectivity index (χ1) is 9.02. The zero-order valence-electron chi connectivity index (χ0n) is 11.7. The summed E-state index contributed by atoms with van der Waals surface area (Å²) >= 11 is 0. The van der Waals surface area contributed by atoms with Crippen LogP contribution in [0.25, 0.3) is 0 Å². The molecule has 1 saturated carbocycles. The van der Waals surface area contributed by atoms with Crippen LogP contribution in [0.1, 0.15) is 38.5 Å². The second-order valence-electron chi connectivity index (χ2n) is 5.30. The molecule has 0 aromatic carbocycles. The fraction of sp³-hybridized carbons (Fsp3) is 0.714. The molecule has 0 bridgehead atoms. The smallest absolute Gasteiger partial charge is 0.317 e. The summed E-state index contributed by atoms with van der Waals surface area (Å²) in [6, 6.07) is -0.215. The minimum Gasteiger partial charge on any atom is -0.481 e. The summed E-state index contributed by atoms with van der Waals surface area (Å²) in [5, 5.41) is 12.2. The molecular formula is C14H24N2O3. The van der Waals surface area contributed by atoms with Crippen LogP contribution in [0, 0.1) is 5.41 Å². The van der Waals surface area contributed by atoms with Crippen molar-refractivity contribution in [1.29, 1.82) is 0 Å². The molecule has 0 saturated heterocycles. The summed E-state index contributed by atoms with van der Waals surface area (Å²) in [5.41, 5.74) is -0.771. The standard InChI is InChI=1S/C14H24N2O3/c1-3-4-10-16(2)13(19)15-11-14(12(17)18)8-6-5-7-9-14/h3H,1,4-11H2,2H3,(H,15,19)(H,17,18). The number of urea groups is 1. The van der Waals surface area contributed by atoms with Crippen molar-refractivity contribution in [1.82, 2.24) is 10.2 Å². The van der Waals surface area contributed by atoms with Gasteiger partial charge in [0, 0.05) is 20.1 Å². The fourth-order valence-corrected chi connectivity index (χ4v) is 2.46. The number of carboxylic acid groups (broad SMARTS) is 1. The van der Waals surface area contributed by atoms with Gasteiger partial charge in [-0.05, 0) is 19.3 Å². The highest BCUT2D eigenvalue weighted by molar-refractivity contribution is 5.78. The summed E-state index contributed by atoms with van der Waals surface area (Å²) in [6.45, 7) is 4.42. The normalized spacial score (nSPS) is 17.5. The lowest BCUT2D eigenvalue weighted by molar-refractivity contribution is -0.150. The second-order valence-corrected chi connectivity index (χ2v) is 5.30. The van der Waals surface area contributed by atoms with E-state index >= 15 is 0 Å². The van der Waals surface area contributed by atoms with Gasteiger partial charge < -0.3 is 15.3 Å². The summed E-state index contributed by atoms with van der Waals surface area (Å²) in [5.74, 6) is -0.791. The third kappa shape index (κ3) is 4.26. The van der Waals surface area contributed by atoms with Gasteiger partial charge in [0.1, 0.15) is 0 Å². The van der Waals surface area contributed by atoms with Crippen LogP contribution in [-0.2, 0) is 4.79 Å². The minimum absolute atomic E-state index is 0.215. The van der Waals surface area contributed by atoms with Crippen molar-refractivity contribution in [3.05, 3.63) is 12.7 Å². The van der Waals surface area contributed by atoms with E-state index < -0.39 is 11.4 Å². The average molecular weight is 268 g/mol. The van der Waals surface area contributed by atoms with Gasteiger partial charge in [0.2, 0.25) is 0 Å². The van der Waals surface area contributed by atoms with E-state index in [0.29, 0.717) is 19.4 Å². The van der Waals surface area contributed by atoms with Crippen molar-refractivity contribution in [2.75, 3.05) is 20.1 Å². The maximum atomic E-state index is 11.8. The predicted molar refractivity (Wildman–Crippen MR) is 74.0 cm³/mol. The first-order valence-electron chi connectivity index (χ1n) is 6.85. The van der Waals surface area contributed by atoms with Gasteiger partial charge in [-0.25, -0.2) is 4.79 Å². The first kappa shape index (κ1) is 15.5. The Morgan fingerprint density at radius 2 is 2.00 bits per heavy atom. The van der Waals surface area contributed by atoms with Crippen LogP contribution in [-0.4, -0.2) is 42.1 Å². The Kier molecular flexibility index (Phi) is 5.86. The Morgan fingerprint density at radius 3 is 2.53 bits per heavy atom. The molecule has 0 radical (unpaired) electrons. The largest absolute Gasteiger partial charge is 0.481 e. The van der Waals surface area contributed by atoms with E-state index in [1.807, 2.05) is 0 Å². The highest BCUT2D eigenvalue weighted by atomic mass is 16.4. The average Bonchev–Trinajstić information content (AvgIpc) is 2.42. The molecule has 1 fully saturated rings. The van der Waals surface area contributed by atoms with Gasteiger partial charge in [0.15, 0.2) is 0 Å². The lowest BCUT2D eigenvalue weighted by Gasteiger charge is -2.33.